The van der Waals surface area contributed by atoms with Gasteiger partial charge < -0.3 is 19.9 Å². The number of aliphatic imine (C=N–C) groups is 1. The van der Waals surface area contributed by atoms with Crippen molar-refractivity contribution in [1.29, 1.82) is 0 Å². The summed E-state index contributed by atoms with van der Waals surface area (Å²) in [5.74, 6) is 1.08. The lowest BCUT2D eigenvalue weighted by Gasteiger charge is -2.32. The van der Waals surface area contributed by atoms with E-state index in [0.29, 0.717) is 12.1 Å². The molecule has 0 bridgehead atoms. The average molecular weight is 386 g/mol. The number of hydrogen-bond donors (Lipinski definition) is 1. The van der Waals surface area contributed by atoms with Crippen molar-refractivity contribution < 1.29 is 4.74 Å². The van der Waals surface area contributed by atoms with Gasteiger partial charge in [0.1, 0.15) is 0 Å². The van der Waals surface area contributed by atoms with E-state index in [1.165, 1.54) is 17.7 Å². The number of anilines is 1. The van der Waals surface area contributed by atoms with Crippen molar-refractivity contribution in [3.05, 3.63) is 29.8 Å². The minimum atomic E-state index is 0.563. The first-order chi connectivity index (χ1) is 13.8. The molecule has 1 aromatic carbocycles. The summed E-state index contributed by atoms with van der Waals surface area (Å²) in [4.78, 5) is 12.6. The standard InChI is InChI=1S/C22H35N5O/c1-3-23-22(26-10-8-20(17-26)25-12-14-28-15-13-25)24-9-11-27-18(2)16-19-6-4-5-7-21(19)27/h4-7,18,20H,3,8-17H2,1-2H3,(H,23,24). The van der Waals surface area contributed by atoms with Gasteiger partial charge in [0, 0.05) is 57.0 Å². The maximum absolute atomic E-state index is 5.51. The van der Waals surface area contributed by atoms with Crippen LogP contribution < -0.4 is 10.2 Å². The fraction of sp³-hybridized carbons (Fsp3) is 0.682. The molecule has 0 amide bonds. The molecule has 3 aliphatic heterocycles. The summed E-state index contributed by atoms with van der Waals surface area (Å²) in [6.07, 6.45) is 2.37. The number of morpholine rings is 1. The van der Waals surface area contributed by atoms with Crippen LogP contribution in [0.25, 0.3) is 0 Å². The second-order valence-corrected chi connectivity index (χ2v) is 8.15. The zero-order valence-electron chi connectivity index (χ0n) is 17.4. The van der Waals surface area contributed by atoms with E-state index in [-0.39, 0.29) is 0 Å². The van der Waals surface area contributed by atoms with Gasteiger partial charge in [-0.2, -0.15) is 0 Å². The maximum Gasteiger partial charge on any atom is 0.194 e. The molecule has 0 radical (unpaired) electrons. The summed E-state index contributed by atoms with van der Waals surface area (Å²) in [5, 5.41) is 3.52. The fourth-order valence-electron chi connectivity index (χ4n) is 4.83. The van der Waals surface area contributed by atoms with Gasteiger partial charge in [-0.3, -0.25) is 9.89 Å². The molecule has 6 heteroatoms. The highest BCUT2D eigenvalue weighted by Crippen LogP contribution is 2.31. The van der Waals surface area contributed by atoms with Crippen LogP contribution in [0.2, 0.25) is 0 Å². The Morgan fingerprint density at radius 3 is 2.86 bits per heavy atom. The van der Waals surface area contributed by atoms with Crippen molar-refractivity contribution in [1.82, 2.24) is 15.1 Å². The molecule has 3 aliphatic rings. The third-order valence-corrected chi connectivity index (χ3v) is 6.31. The van der Waals surface area contributed by atoms with Crippen LogP contribution in [0.15, 0.2) is 29.3 Å². The molecule has 1 N–H and O–H groups in total. The molecule has 3 heterocycles. The number of likely N-dealkylation sites (tertiary alicyclic amines) is 1. The molecule has 0 spiro atoms. The molecule has 0 aromatic heterocycles. The van der Waals surface area contributed by atoms with Crippen molar-refractivity contribution in [3.63, 3.8) is 0 Å². The van der Waals surface area contributed by atoms with Crippen LogP contribution in [-0.2, 0) is 11.2 Å². The molecule has 1 aromatic rings. The summed E-state index contributed by atoms with van der Waals surface area (Å²) in [5.41, 5.74) is 2.86. The van der Waals surface area contributed by atoms with Crippen LogP contribution in [0.5, 0.6) is 0 Å². The Balaban J connectivity index is 1.35. The van der Waals surface area contributed by atoms with Crippen molar-refractivity contribution >= 4 is 11.6 Å². The van der Waals surface area contributed by atoms with Gasteiger partial charge in [-0.15, -0.1) is 0 Å². The number of rotatable bonds is 5. The minimum Gasteiger partial charge on any atom is -0.379 e. The molecule has 2 saturated heterocycles. The molecule has 2 fully saturated rings. The van der Waals surface area contributed by atoms with E-state index in [0.717, 1.165) is 71.4 Å². The highest BCUT2D eigenvalue weighted by atomic mass is 16.5. The molecule has 6 nitrogen and oxygen atoms in total. The molecule has 2 atom stereocenters. The van der Waals surface area contributed by atoms with Gasteiger partial charge in [-0.1, -0.05) is 18.2 Å². The number of nitrogens with zero attached hydrogens (tertiary/aromatic N) is 4. The maximum atomic E-state index is 5.51. The molecule has 28 heavy (non-hydrogen) atoms. The average Bonchev–Trinajstić information content (AvgIpc) is 3.33. The zero-order chi connectivity index (χ0) is 19.3. The van der Waals surface area contributed by atoms with Gasteiger partial charge in [-0.25, -0.2) is 0 Å². The van der Waals surface area contributed by atoms with Gasteiger partial charge in [0.05, 0.1) is 19.8 Å². The van der Waals surface area contributed by atoms with Gasteiger partial charge in [0.25, 0.3) is 0 Å². The first-order valence-corrected chi connectivity index (χ1v) is 11.0. The Labute approximate surface area is 169 Å². The Kier molecular flexibility index (Phi) is 6.37. The fourth-order valence-corrected chi connectivity index (χ4v) is 4.83. The Morgan fingerprint density at radius 2 is 2.04 bits per heavy atom. The lowest BCUT2D eigenvalue weighted by Crippen LogP contribution is -2.46. The number of benzene rings is 1. The first-order valence-electron chi connectivity index (χ1n) is 11.0. The summed E-state index contributed by atoms with van der Waals surface area (Å²) in [7, 11) is 0. The Morgan fingerprint density at radius 1 is 1.21 bits per heavy atom. The Hall–Kier alpha value is -1.79. The molecule has 4 rings (SSSR count). The van der Waals surface area contributed by atoms with Crippen molar-refractivity contribution in [3.8, 4) is 0 Å². The smallest absolute Gasteiger partial charge is 0.194 e. The van der Waals surface area contributed by atoms with Crippen LogP contribution in [0.4, 0.5) is 5.69 Å². The molecule has 0 aliphatic carbocycles. The summed E-state index contributed by atoms with van der Waals surface area (Å²) in [6, 6.07) is 10.0. The summed E-state index contributed by atoms with van der Waals surface area (Å²) >= 11 is 0. The first kappa shape index (κ1) is 19.5. The normalized spacial score (nSPS) is 26.0. The van der Waals surface area contributed by atoms with Crippen LogP contribution >= 0.6 is 0 Å². The molecular formula is C22H35N5O. The van der Waals surface area contributed by atoms with Gasteiger partial charge in [0.2, 0.25) is 0 Å². The van der Waals surface area contributed by atoms with Gasteiger partial charge >= 0.3 is 0 Å². The monoisotopic (exact) mass is 385 g/mol. The lowest BCUT2D eigenvalue weighted by atomic mass is 10.1. The van der Waals surface area contributed by atoms with Crippen molar-refractivity contribution in [2.45, 2.75) is 38.8 Å². The van der Waals surface area contributed by atoms with E-state index in [1.54, 1.807) is 0 Å². The number of para-hydroxylation sites is 1. The van der Waals surface area contributed by atoms with Crippen molar-refractivity contribution in [2.75, 3.05) is 63.9 Å². The number of hydrogen-bond acceptors (Lipinski definition) is 4. The van der Waals surface area contributed by atoms with Crippen LogP contribution in [-0.4, -0.2) is 86.9 Å². The van der Waals surface area contributed by atoms with E-state index in [4.69, 9.17) is 9.73 Å². The lowest BCUT2D eigenvalue weighted by molar-refractivity contribution is 0.0195. The number of nitrogens with one attached hydrogen (secondary N) is 1. The van der Waals surface area contributed by atoms with Crippen LogP contribution in [0.1, 0.15) is 25.8 Å². The second-order valence-electron chi connectivity index (χ2n) is 8.15. The second kappa shape index (κ2) is 9.14. The van der Waals surface area contributed by atoms with E-state index in [2.05, 4.69) is 58.1 Å². The highest BCUT2D eigenvalue weighted by Gasteiger charge is 2.30. The number of fused-ring (bicyclic) bond motifs is 1. The molecule has 154 valence electrons. The SMILES string of the molecule is CCNC(=NCCN1c2ccccc2CC1C)N1CCC(N2CCOCC2)C1. The van der Waals surface area contributed by atoms with Gasteiger partial charge in [-0.05, 0) is 38.3 Å². The molecule has 0 saturated carbocycles. The minimum absolute atomic E-state index is 0.563. The van der Waals surface area contributed by atoms with Crippen molar-refractivity contribution in [2.24, 2.45) is 4.99 Å². The predicted molar refractivity (Wildman–Crippen MR) is 115 cm³/mol. The molecule has 2 unspecified atom stereocenters. The van der Waals surface area contributed by atoms with Crippen LogP contribution in [0.3, 0.4) is 0 Å². The third-order valence-electron chi connectivity index (χ3n) is 6.31. The Bertz CT molecular complexity index is 673. The number of ether oxygens (including phenoxy) is 1. The summed E-state index contributed by atoms with van der Waals surface area (Å²) < 4.78 is 5.51. The van der Waals surface area contributed by atoms with E-state index in [9.17, 15) is 0 Å². The van der Waals surface area contributed by atoms with E-state index < -0.39 is 0 Å². The molecular weight excluding hydrogens is 350 g/mol. The highest BCUT2D eigenvalue weighted by molar-refractivity contribution is 5.80. The van der Waals surface area contributed by atoms with E-state index >= 15 is 0 Å². The topological polar surface area (TPSA) is 43.3 Å². The zero-order valence-corrected chi connectivity index (χ0v) is 17.4. The third kappa shape index (κ3) is 4.28. The van der Waals surface area contributed by atoms with Crippen LogP contribution in [0, 0.1) is 0 Å². The summed E-state index contributed by atoms with van der Waals surface area (Å²) in [6.45, 7) is 13.3. The quantitative estimate of drug-likeness (QED) is 0.619. The number of guanidine groups is 1. The van der Waals surface area contributed by atoms with Gasteiger partial charge in [0.15, 0.2) is 5.96 Å². The largest absolute Gasteiger partial charge is 0.379 e. The van der Waals surface area contributed by atoms with E-state index in [1.807, 2.05) is 0 Å². The predicted octanol–water partition coefficient (Wildman–Crippen LogP) is 1.81.